The van der Waals surface area contributed by atoms with Crippen LogP contribution in [0.15, 0.2) is 4.99 Å². The third-order valence-corrected chi connectivity index (χ3v) is 3.10. The predicted molar refractivity (Wildman–Crippen MR) is 61.8 cm³/mol. The molecule has 0 fully saturated rings. The summed E-state index contributed by atoms with van der Waals surface area (Å²) in [5.41, 5.74) is 5.40. The molecule has 0 amide bonds. The van der Waals surface area contributed by atoms with E-state index in [4.69, 9.17) is 5.73 Å². The van der Waals surface area contributed by atoms with Gasteiger partial charge >= 0.3 is 6.18 Å². The molecule has 1 unspecified atom stereocenters. The fourth-order valence-corrected chi connectivity index (χ4v) is 2.44. The Hall–Kier alpha value is -0.940. The van der Waals surface area contributed by atoms with Crippen molar-refractivity contribution in [1.82, 2.24) is 4.90 Å². The molecule has 0 bridgehead atoms. The summed E-state index contributed by atoms with van der Waals surface area (Å²) >= 11 is 0. The minimum absolute atomic E-state index is 0.117. The van der Waals surface area contributed by atoms with Crippen LogP contribution in [-0.4, -0.2) is 35.2 Å². The van der Waals surface area contributed by atoms with Crippen molar-refractivity contribution in [3.8, 4) is 0 Å². The molecule has 0 saturated carbocycles. The number of guanidine groups is 1. The van der Waals surface area contributed by atoms with E-state index in [0.717, 1.165) is 0 Å². The van der Waals surface area contributed by atoms with E-state index in [1.54, 1.807) is 0 Å². The van der Waals surface area contributed by atoms with Crippen molar-refractivity contribution in [3.63, 3.8) is 0 Å². The molecule has 0 aromatic heterocycles. The SMILES string of the molecule is CC(C)N1C(N)=NCC1(C)CCCC(F)(F)F. The molecule has 0 spiro atoms. The molecule has 6 heteroatoms. The summed E-state index contributed by atoms with van der Waals surface area (Å²) in [6, 6.07) is 0.150. The Balaban J connectivity index is 2.57. The first-order valence-corrected chi connectivity index (χ1v) is 5.82. The first kappa shape index (κ1) is 14.1. The molecule has 1 aliphatic heterocycles. The zero-order valence-corrected chi connectivity index (χ0v) is 10.5. The summed E-state index contributed by atoms with van der Waals surface area (Å²) < 4.78 is 36.4. The number of nitrogens with two attached hydrogens (primary N) is 1. The molecule has 1 aliphatic rings. The number of halogens is 3. The molecule has 1 heterocycles. The van der Waals surface area contributed by atoms with Crippen molar-refractivity contribution in [2.24, 2.45) is 10.7 Å². The summed E-state index contributed by atoms with van der Waals surface area (Å²) in [5, 5.41) is 0. The molecule has 0 aromatic rings. The van der Waals surface area contributed by atoms with E-state index in [0.29, 0.717) is 18.9 Å². The van der Waals surface area contributed by atoms with Crippen LogP contribution in [0, 0.1) is 0 Å². The highest BCUT2D eigenvalue weighted by atomic mass is 19.4. The van der Waals surface area contributed by atoms with Gasteiger partial charge in [0, 0.05) is 12.5 Å². The number of nitrogens with zero attached hydrogens (tertiary/aromatic N) is 2. The summed E-state index contributed by atoms with van der Waals surface area (Å²) in [4.78, 5) is 6.07. The van der Waals surface area contributed by atoms with E-state index in [-0.39, 0.29) is 18.0 Å². The Bertz CT molecular complexity index is 299. The van der Waals surface area contributed by atoms with Crippen LogP contribution in [0.3, 0.4) is 0 Å². The molecule has 0 radical (unpaired) electrons. The number of hydrogen-bond donors (Lipinski definition) is 1. The lowest BCUT2D eigenvalue weighted by atomic mass is 9.92. The lowest BCUT2D eigenvalue weighted by molar-refractivity contribution is -0.136. The third kappa shape index (κ3) is 3.51. The smallest absolute Gasteiger partial charge is 0.370 e. The molecule has 1 atom stereocenters. The van der Waals surface area contributed by atoms with E-state index >= 15 is 0 Å². The predicted octanol–water partition coefficient (Wildman–Crippen LogP) is 2.52. The number of hydrogen-bond acceptors (Lipinski definition) is 3. The van der Waals surface area contributed by atoms with Crippen LogP contribution in [0.4, 0.5) is 13.2 Å². The Kier molecular flexibility index (Phi) is 3.94. The van der Waals surface area contributed by atoms with E-state index in [1.165, 1.54) is 0 Å². The van der Waals surface area contributed by atoms with Gasteiger partial charge in [0.1, 0.15) is 0 Å². The Labute approximate surface area is 99.9 Å². The average Bonchev–Trinajstić information content (AvgIpc) is 2.40. The van der Waals surface area contributed by atoms with Crippen molar-refractivity contribution < 1.29 is 13.2 Å². The van der Waals surface area contributed by atoms with Gasteiger partial charge in [-0.15, -0.1) is 0 Å². The first-order chi connectivity index (χ1) is 7.66. The van der Waals surface area contributed by atoms with Crippen molar-refractivity contribution in [1.29, 1.82) is 0 Å². The monoisotopic (exact) mass is 251 g/mol. The Morgan fingerprint density at radius 2 is 2.06 bits per heavy atom. The zero-order chi connectivity index (χ0) is 13.3. The molecule has 1 rings (SSSR count). The van der Waals surface area contributed by atoms with Crippen molar-refractivity contribution in [2.75, 3.05) is 6.54 Å². The van der Waals surface area contributed by atoms with Gasteiger partial charge in [-0.25, -0.2) is 0 Å². The minimum Gasteiger partial charge on any atom is -0.370 e. The van der Waals surface area contributed by atoms with E-state index in [9.17, 15) is 13.2 Å². The quantitative estimate of drug-likeness (QED) is 0.834. The van der Waals surface area contributed by atoms with Crippen LogP contribution in [0.1, 0.15) is 40.0 Å². The van der Waals surface area contributed by atoms with E-state index in [1.807, 2.05) is 25.7 Å². The van der Waals surface area contributed by atoms with Crippen LogP contribution in [0.5, 0.6) is 0 Å². The second-order valence-corrected chi connectivity index (χ2v) is 5.10. The van der Waals surface area contributed by atoms with Crippen LogP contribution >= 0.6 is 0 Å². The fourth-order valence-electron chi connectivity index (χ4n) is 2.44. The van der Waals surface area contributed by atoms with Crippen LogP contribution in [0.25, 0.3) is 0 Å². The topological polar surface area (TPSA) is 41.6 Å². The first-order valence-electron chi connectivity index (χ1n) is 5.82. The Morgan fingerprint density at radius 1 is 1.47 bits per heavy atom. The molecule has 0 aliphatic carbocycles. The maximum atomic E-state index is 12.1. The number of aliphatic imine (C=N–C) groups is 1. The van der Waals surface area contributed by atoms with Gasteiger partial charge in [0.05, 0.1) is 12.1 Å². The largest absolute Gasteiger partial charge is 0.389 e. The van der Waals surface area contributed by atoms with Gasteiger partial charge in [-0.05, 0) is 33.6 Å². The molecule has 0 aromatic carbocycles. The fraction of sp³-hybridized carbons (Fsp3) is 0.909. The van der Waals surface area contributed by atoms with Crippen molar-refractivity contribution >= 4 is 5.96 Å². The molecule has 2 N–H and O–H groups in total. The number of alkyl halides is 3. The lowest BCUT2D eigenvalue weighted by Gasteiger charge is -2.39. The third-order valence-electron chi connectivity index (χ3n) is 3.10. The van der Waals surface area contributed by atoms with E-state index in [2.05, 4.69) is 4.99 Å². The minimum atomic E-state index is -4.08. The lowest BCUT2D eigenvalue weighted by Crippen LogP contribution is -2.53. The van der Waals surface area contributed by atoms with Crippen LogP contribution < -0.4 is 5.73 Å². The van der Waals surface area contributed by atoms with Gasteiger partial charge in [0.2, 0.25) is 0 Å². The molecule has 0 saturated heterocycles. The van der Waals surface area contributed by atoms with E-state index < -0.39 is 12.6 Å². The van der Waals surface area contributed by atoms with Crippen LogP contribution in [-0.2, 0) is 0 Å². The molecule has 3 nitrogen and oxygen atoms in total. The second kappa shape index (κ2) is 4.74. The normalized spacial score (nSPS) is 25.6. The molecule has 17 heavy (non-hydrogen) atoms. The van der Waals surface area contributed by atoms with Gasteiger partial charge in [0.15, 0.2) is 5.96 Å². The maximum Gasteiger partial charge on any atom is 0.389 e. The zero-order valence-electron chi connectivity index (χ0n) is 10.5. The summed E-state index contributed by atoms with van der Waals surface area (Å²) in [6.45, 7) is 6.34. The van der Waals surface area contributed by atoms with Crippen LogP contribution in [0.2, 0.25) is 0 Å². The molecule has 100 valence electrons. The van der Waals surface area contributed by atoms with Gasteiger partial charge in [-0.3, -0.25) is 4.99 Å². The van der Waals surface area contributed by atoms with Crippen molar-refractivity contribution in [3.05, 3.63) is 0 Å². The molecular weight excluding hydrogens is 231 g/mol. The highest BCUT2D eigenvalue weighted by Gasteiger charge is 2.39. The summed E-state index contributed by atoms with van der Waals surface area (Å²) in [6.07, 6.45) is -4.25. The second-order valence-electron chi connectivity index (χ2n) is 5.10. The average molecular weight is 251 g/mol. The maximum absolute atomic E-state index is 12.1. The van der Waals surface area contributed by atoms with Gasteiger partial charge in [-0.1, -0.05) is 0 Å². The van der Waals surface area contributed by atoms with Gasteiger partial charge in [-0.2, -0.15) is 13.2 Å². The summed E-state index contributed by atoms with van der Waals surface area (Å²) in [7, 11) is 0. The Morgan fingerprint density at radius 3 is 2.53 bits per heavy atom. The number of rotatable bonds is 4. The van der Waals surface area contributed by atoms with Crippen molar-refractivity contribution in [2.45, 2.75) is 57.8 Å². The summed E-state index contributed by atoms with van der Waals surface area (Å²) in [5.74, 6) is 0.439. The van der Waals surface area contributed by atoms with Gasteiger partial charge in [0.25, 0.3) is 0 Å². The molecular formula is C11H20F3N3. The van der Waals surface area contributed by atoms with Gasteiger partial charge < -0.3 is 10.6 Å². The highest BCUT2D eigenvalue weighted by molar-refractivity contribution is 5.81. The standard InChI is InChI=1S/C11H20F3N3/c1-8(2)17-9(15)16-7-10(17,3)5-4-6-11(12,13)14/h8H,4-7H2,1-3H3,(H2,15,16). The highest BCUT2D eigenvalue weighted by Crippen LogP contribution is 2.31.